The molecule has 0 atom stereocenters. The Morgan fingerprint density at radius 3 is 2.08 bits per heavy atom. The fraction of sp³-hybridized carbons (Fsp3) is 0.300. The third-order valence-electron chi connectivity index (χ3n) is 1.36. The van der Waals surface area contributed by atoms with Crippen LogP contribution in [0.5, 0.6) is 0 Å². The number of rotatable bonds is 1. The summed E-state index contributed by atoms with van der Waals surface area (Å²) in [7, 11) is 0. The van der Waals surface area contributed by atoms with Gasteiger partial charge in [0, 0.05) is 13.5 Å². The van der Waals surface area contributed by atoms with Crippen molar-refractivity contribution in [2.75, 3.05) is 0 Å². The van der Waals surface area contributed by atoms with Crippen LogP contribution in [0, 0.1) is 6.92 Å². The summed E-state index contributed by atoms with van der Waals surface area (Å²) < 4.78 is 0. The Labute approximate surface area is 78.2 Å². The highest BCUT2D eigenvalue weighted by atomic mass is 16.4. The van der Waals surface area contributed by atoms with E-state index in [1.807, 2.05) is 0 Å². The predicted octanol–water partition coefficient (Wildman–Crippen LogP) is 1.54. The van der Waals surface area contributed by atoms with Crippen LogP contribution < -0.4 is 5.73 Å². The summed E-state index contributed by atoms with van der Waals surface area (Å²) in [6.45, 7) is 3.79. The molecule has 1 aromatic rings. The van der Waals surface area contributed by atoms with Crippen molar-refractivity contribution < 1.29 is 9.90 Å². The van der Waals surface area contributed by atoms with Gasteiger partial charge in [0.15, 0.2) is 0 Å². The van der Waals surface area contributed by atoms with Crippen LogP contribution >= 0.6 is 0 Å². The lowest BCUT2D eigenvalue weighted by Gasteiger charge is -1.94. The van der Waals surface area contributed by atoms with Gasteiger partial charge in [0.1, 0.15) is 0 Å². The van der Waals surface area contributed by atoms with Crippen LogP contribution in [-0.4, -0.2) is 11.1 Å². The summed E-state index contributed by atoms with van der Waals surface area (Å²) >= 11 is 0. The first-order valence-electron chi connectivity index (χ1n) is 4.01. The van der Waals surface area contributed by atoms with Gasteiger partial charge in [-0.25, -0.2) is 0 Å². The van der Waals surface area contributed by atoms with Crippen LogP contribution in [0.3, 0.4) is 0 Å². The minimum Gasteiger partial charge on any atom is -0.481 e. The largest absolute Gasteiger partial charge is 0.481 e. The van der Waals surface area contributed by atoms with E-state index in [1.165, 1.54) is 11.1 Å². The summed E-state index contributed by atoms with van der Waals surface area (Å²) in [5.74, 6) is -0.833. The van der Waals surface area contributed by atoms with E-state index < -0.39 is 5.97 Å². The standard InChI is InChI=1S/C8H11N.C2H4O2/c1-7-2-4-8(6-9)5-3-7;1-2(3)4/h2-5H,6,9H2,1H3;1H3,(H,3,4). The summed E-state index contributed by atoms with van der Waals surface area (Å²) in [4.78, 5) is 9.00. The van der Waals surface area contributed by atoms with E-state index in [2.05, 4.69) is 31.2 Å². The molecule has 0 saturated carbocycles. The Bertz CT molecular complexity index is 250. The molecule has 3 nitrogen and oxygen atoms in total. The van der Waals surface area contributed by atoms with Crippen molar-refractivity contribution in [3.8, 4) is 0 Å². The zero-order valence-electron chi connectivity index (χ0n) is 7.95. The zero-order chi connectivity index (χ0) is 10.3. The number of hydrogen-bond acceptors (Lipinski definition) is 2. The van der Waals surface area contributed by atoms with E-state index in [9.17, 15) is 0 Å². The predicted molar refractivity (Wildman–Crippen MR) is 52.4 cm³/mol. The Balaban J connectivity index is 0.000000310. The molecule has 13 heavy (non-hydrogen) atoms. The van der Waals surface area contributed by atoms with E-state index in [0.717, 1.165) is 6.92 Å². The molecule has 0 fully saturated rings. The molecular weight excluding hydrogens is 166 g/mol. The van der Waals surface area contributed by atoms with Crippen molar-refractivity contribution in [1.82, 2.24) is 0 Å². The smallest absolute Gasteiger partial charge is 0.300 e. The van der Waals surface area contributed by atoms with Crippen LogP contribution in [0.1, 0.15) is 18.1 Å². The van der Waals surface area contributed by atoms with Crippen LogP contribution in [0.25, 0.3) is 0 Å². The molecule has 1 rings (SSSR count). The van der Waals surface area contributed by atoms with Crippen LogP contribution in [0.15, 0.2) is 24.3 Å². The molecule has 0 aromatic heterocycles. The summed E-state index contributed by atoms with van der Waals surface area (Å²) in [6.07, 6.45) is 0. The Hall–Kier alpha value is -1.35. The van der Waals surface area contributed by atoms with Gasteiger partial charge in [-0.3, -0.25) is 4.79 Å². The number of carbonyl (C=O) groups is 1. The highest BCUT2D eigenvalue weighted by molar-refractivity contribution is 5.62. The third kappa shape index (κ3) is 7.03. The molecule has 0 bridgehead atoms. The molecule has 0 saturated heterocycles. The van der Waals surface area contributed by atoms with Crippen LogP contribution in [0.4, 0.5) is 0 Å². The van der Waals surface area contributed by atoms with Gasteiger partial charge in [-0.2, -0.15) is 0 Å². The minimum absolute atomic E-state index is 0.639. The maximum absolute atomic E-state index is 9.00. The van der Waals surface area contributed by atoms with Gasteiger partial charge < -0.3 is 10.8 Å². The molecular formula is C10H15NO2. The average Bonchev–Trinajstić information content (AvgIpc) is 2.05. The molecule has 0 spiro atoms. The molecule has 0 aliphatic carbocycles. The first-order chi connectivity index (χ1) is 6.06. The fourth-order valence-electron chi connectivity index (χ4n) is 0.724. The van der Waals surface area contributed by atoms with Crippen LogP contribution in [-0.2, 0) is 11.3 Å². The summed E-state index contributed by atoms with van der Waals surface area (Å²) in [5, 5.41) is 7.42. The Morgan fingerprint density at radius 1 is 1.38 bits per heavy atom. The van der Waals surface area contributed by atoms with E-state index in [1.54, 1.807) is 0 Å². The molecule has 3 heteroatoms. The highest BCUT2D eigenvalue weighted by Gasteiger charge is 1.85. The Morgan fingerprint density at radius 2 is 1.77 bits per heavy atom. The van der Waals surface area contributed by atoms with Gasteiger partial charge in [0.2, 0.25) is 0 Å². The van der Waals surface area contributed by atoms with E-state index in [4.69, 9.17) is 15.6 Å². The normalized spacial score (nSPS) is 8.54. The van der Waals surface area contributed by atoms with E-state index in [0.29, 0.717) is 6.54 Å². The number of nitrogens with two attached hydrogens (primary N) is 1. The molecule has 3 N–H and O–H groups in total. The second-order valence-corrected chi connectivity index (χ2v) is 2.71. The lowest BCUT2D eigenvalue weighted by Crippen LogP contribution is -1.94. The topological polar surface area (TPSA) is 63.3 Å². The molecule has 72 valence electrons. The molecule has 1 aromatic carbocycles. The van der Waals surface area contributed by atoms with Gasteiger partial charge in [-0.1, -0.05) is 29.8 Å². The number of aryl methyl sites for hydroxylation is 1. The van der Waals surface area contributed by atoms with Gasteiger partial charge in [-0.15, -0.1) is 0 Å². The summed E-state index contributed by atoms with van der Waals surface area (Å²) in [6, 6.07) is 8.25. The maximum Gasteiger partial charge on any atom is 0.300 e. The quantitative estimate of drug-likeness (QED) is 0.690. The second kappa shape index (κ2) is 6.20. The van der Waals surface area contributed by atoms with Gasteiger partial charge in [-0.05, 0) is 12.5 Å². The van der Waals surface area contributed by atoms with Crippen molar-refractivity contribution in [3.05, 3.63) is 35.4 Å². The van der Waals surface area contributed by atoms with Crippen LogP contribution in [0.2, 0.25) is 0 Å². The van der Waals surface area contributed by atoms with Crippen molar-refractivity contribution in [2.24, 2.45) is 5.73 Å². The zero-order valence-corrected chi connectivity index (χ0v) is 7.95. The first-order valence-corrected chi connectivity index (χ1v) is 4.01. The van der Waals surface area contributed by atoms with E-state index >= 15 is 0 Å². The molecule has 0 aliphatic heterocycles. The highest BCUT2D eigenvalue weighted by Crippen LogP contribution is 2.00. The summed E-state index contributed by atoms with van der Waals surface area (Å²) in [5.41, 5.74) is 7.88. The molecule has 0 amide bonds. The number of hydrogen-bond donors (Lipinski definition) is 2. The Kier molecular flexibility index (Phi) is 5.55. The number of benzene rings is 1. The van der Waals surface area contributed by atoms with Crippen molar-refractivity contribution in [2.45, 2.75) is 20.4 Å². The third-order valence-corrected chi connectivity index (χ3v) is 1.36. The van der Waals surface area contributed by atoms with Gasteiger partial charge in [0.25, 0.3) is 5.97 Å². The minimum atomic E-state index is -0.833. The average molecular weight is 181 g/mol. The van der Waals surface area contributed by atoms with E-state index in [-0.39, 0.29) is 0 Å². The van der Waals surface area contributed by atoms with Gasteiger partial charge in [0.05, 0.1) is 0 Å². The molecule has 0 heterocycles. The van der Waals surface area contributed by atoms with Crippen molar-refractivity contribution in [1.29, 1.82) is 0 Å². The number of carboxylic acid groups (broad SMARTS) is 1. The SMILES string of the molecule is CC(=O)O.Cc1ccc(CN)cc1. The number of aliphatic carboxylic acids is 1. The number of carboxylic acids is 1. The molecule has 0 radical (unpaired) electrons. The maximum atomic E-state index is 9.00. The molecule has 0 aliphatic rings. The monoisotopic (exact) mass is 181 g/mol. The van der Waals surface area contributed by atoms with Gasteiger partial charge >= 0.3 is 0 Å². The second-order valence-electron chi connectivity index (χ2n) is 2.71. The first kappa shape index (κ1) is 11.6. The molecule has 0 unspecified atom stereocenters. The van der Waals surface area contributed by atoms with Crippen molar-refractivity contribution in [3.63, 3.8) is 0 Å². The lowest BCUT2D eigenvalue weighted by atomic mass is 10.2. The fourth-order valence-corrected chi connectivity index (χ4v) is 0.724. The van der Waals surface area contributed by atoms with Crippen molar-refractivity contribution >= 4 is 5.97 Å². The lowest BCUT2D eigenvalue weighted by molar-refractivity contribution is -0.134.